The van der Waals surface area contributed by atoms with Gasteiger partial charge in [-0.2, -0.15) is 0 Å². The van der Waals surface area contributed by atoms with Gasteiger partial charge in [0.15, 0.2) is 0 Å². The summed E-state index contributed by atoms with van der Waals surface area (Å²) in [6.07, 6.45) is -1.85. The standard InChI is InChI=1S/C10H16N2O2/c1-6-3-8(4-7(2)12-6)10(14)9(13)5-11/h3-4,9-10,13-14H,5,11H2,1-2H3. The summed E-state index contributed by atoms with van der Waals surface area (Å²) in [5.74, 6) is 0. The highest BCUT2D eigenvalue weighted by atomic mass is 16.3. The van der Waals surface area contributed by atoms with Crippen molar-refractivity contribution in [3.05, 3.63) is 29.1 Å². The summed E-state index contributed by atoms with van der Waals surface area (Å²) in [5, 5.41) is 19.0. The number of hydrogen-bond donors (Lipinski definition) is 3. The lowest BCUT2D eigenvalue weighted by atomic mass is 10.0. The lowest BCUT2D eigenvalue weighted by Crippen LogP contribution is -2.27. The van der Waals surface area contributed by atoms with E-state index in [0.29, 0.717) is 5.56 Å². The van der Waals surface area contributed by atoms with E-state index in [2.05, 4.69) is 4.98 Å². The van der Waals surface area contributed by atoms with E-state index in [9.17, 15) is 10.2 Å². The molecule has 0 spiro atoms. The van der Waals surface area contributed by atoms with Crippen molar-refractivity contribution in [2.24, 2.45) is 5.73 Å². The SMILES string of the molecule is Cc1cc(C(O)C(O)CN)cc(C)n1. The number of nitrogens with zero attached hydrogens (tertiary/aromatic N) is 1. The third kappa shape index (κ3) is 2.51. The zero-order valence-electron chi connectivity index (χ0n) is 8.44. The lowest BCUT2D eigenvalue weighted by molar-refractivity contribution is 0.0242. The Kier molecular flexibility index (Phi) is 3.57. The minimum Gasteiger partial charge on any atom is -0.389 e. The normalized spacial score (nSPS) is 15.2. The first-order valence-electron chi connectivity index (χ1n) is 4.56. The summed E-state index contributed by atoms with van der Waals surface area (Å²) in [6.45, 7) is 3.73. The molecular formula is C10H16N2O2. The monoisotopic (exact) mass is 196 g/mol. The Morgan fingerprint density at radius 2 is 1.79 bits per heavy atom. The van der Waals surface area contributed by atoms with E-state index in [4.69, 9.17) is 5.73 Å². The third-order valence-electron chi connectivity index (χ3n) is 2.05. The molecule has 14 heavy (non-hydrogen) atoms. The second kappa shape index (κ2) is 4.50. The van der Waals surface area contributed by atoms with Gasteiger partial charge in [-0.15, -0.1) is 0 Å². The van der Waals surface area contributed by atoms with Crippen molar-refractivity contribution in [1.29, 1.82) is 0 Å². The van der Waals surface area contributed by atoms with Crippen LogP contribution in [0, 0.1) is 13.8 Å². The molecule has 0 amide bonds. The molecule has 1 heterocycles. The number of rotatable bonds is 3. The number of aryl methyl sites for hydroxylation is 2. The second-order valence-corrected chi connectivity index (χ2v) is 3.43. The van der Waals surface area contributed by atoms with E-state index in [1.54, 1.807) is 12.1 Å². The lowest BCUT2D eigenvalue weighted by Gasteiger charge is -2.17. The number of aromatic nitrogens is 1. The van der Waals surface area contributed by atoms with Crippen molar-refractivity contribution in [2.75, 3.05) is 6.54 Å². The fraction of sp³-hybridized carbons (Fsp3) is 0.500. The molecule has 2 unspecified atom stereocenters. The van der Waals surface area contributed by atoms with Crippen LogP contribution in [0.3, 0.4) is 0 Å². The molecule has 0 aliphatic rings. The largest absolute Gasteiger partial charge is 0.389 e. The van der Waals surface area contributed by atoms with Gasteiger partial charge in [-0.05, 0) is 31.5 Å². The predicted molar refractivity (Wildman–Crippen MR) is 53.7 cm³/mol. The molecule has 0 bridgehead atoms. The van der Waals surface area contributed by atoms with Crippen LogP contribution < -0.4 is 5.73 Å². The summed E-state index contributed by atoms with van der Waals surface area (Å²) in [7, 11) is 0. The number of nitrogens with two attached hydrogens (primary N) is 1. The quantitative estimate of drug-likeness (QED) is 0.638. The van der Waals surface area contributed by atoms with E-state index < -0.39 is 12.2 Å². The van der Waals surface area contributed by atoms with Crippen LogP contribution >= 0.6 is 0 Å². The predicted octanol–water partition coefficient (Wildman–Crippen LogP) is 0.0514. The van der Waals surface area contributed by atoms with Crippen LogP contribution in [0.2, 0.25) is 0 Å². The van der Waals surface area contributed by atoms with Crippen molar-refractivity contribution >= 4 is 0 Å². The Hall–Kier alpha value is -0.970. The molecule has 1 rings (SSSR count). The van der Waals surface area contributed by atoms with Gasteiger partial charge in [0, 0.05) is 17.9 Å². The van der Waals surface area contributed by atoms with Crippen LogP contribution in [-0.4, -0.2) is 27.8 Å². The van der Waals surface area contributed by atoms with Gasteiger partial charge in [0.1, 0.15) is 6.10 Å². The molecule has 4 N–H and O–H groups in total. The minimum atomic E-state index is -0.930. The Morgan fingerprint density at radius 3 is 2.21 bits per heavy atom. The zero-order valence-corrected chi connectivity index (χ0v) is 8.44. The summed E-state index contributed by atoms with van der Waals surface area (Å²) in [6, 6.07) is 3.49. The Morgan fingerprint density at radius 1 is 1.29 bits per heavy atom. The van der Waals surface area contributed by atoms with Crippen LogP contribution in [0.1, 0.15) is 23.1 Å². The van der Waals surface area contributed by atoms with E-state index in [1.807, 2.05) is 13.8 Å². The van der Waals surface area contributed by atoms with Gasteiger partial charge in [-0.1, -0.05) is 0 Å². The number of aliphatic hydroxyl groups is 2. The van der Waals surface area contributed by atoms with Crippen LogP contribution in [0.4, 0.5) is 0 Å². The van der Waals surface area contributed by atoms with Gasteiger partial charge in [0.2, 0.25) is 0 Å². The maximum Gasteiger partial charge on any atom is 0.106 e. The first kappa shape index (κ1) is 11.1. The molecule has 0 saturated carbocycles. The number of hydrogen-bond acceptors (Lipinski definition) is 4. The smallest absolute Gasteiger partial charge is 0.106 e. The maximum atomic E-state index is 9.68. The van der Waals surface area contributed by atoms with Crippen LogP contribution in [0.5, 0.6) is 0 Å². The fourth-order valence-corrected chi connectivity index (χ4v) is 1.39. The van der Waals surface area contributed by atoms with Crippen molar-refractivity contribution in [3.63, 3.8) is 0 Å². The Bertz CT molecular complexity index is 295. The van der Waals surface area contributed by atoms with Crippen LogP contribution in [0.25, 0.3) is 0 Å². The molecule has 2 atom stereocenters. The molecule has 4 nitrogen and oxygen atoms in total. The molecule has 1 aromatic rings. The summed E-state index contributed by atoms with van der Waals surface area (Å²) >= 11 is 0. The van der Waals surface area contributed by atoms with E-state index in [0.717, 1.165) is 11.4 Å². The van der Waals surface area contributed by atoms with Crippen molar-refractivity contribution in [3.8, 4) is 0 Å². The maximum absolute atomic E-state index is 9.68. The van der Waals surface area contributed by atoms with E-state index in [1.165, 1.54) is 0 Å². The first-order chi connectivity index (χ1) is 6.54. The molecule has 0 radical (unpaired) electrons. The van der Waals surface area contributed by atoms with Gasteiger partial charge in [0.25, 0.3) is 0 Å². The Labute approximate surface area is 83.4 Å². The highest BCUT2D eigenvalue weighted by Crippen LogP contribution is 2.17. The second-order valence-electron chi connectivity index (χ2n) is 3.43. The number of aliphatic hydroxyl groups excluding tert-OH is 2. The average Bonchev–Trinajstić information content (AvgIpc) is 2.14. The van der Waals surface area contributed by atoms with Gasteiger partial charge in [-0.25, -0.2) is 0 Å². The average molecular weight is 196 g/mol. The molecule has 0 saturated heterocycles. The molecule has 0 aromatic carbocycles. The molecule has 0 fully saturated rings. The molecule has 1 aromatic heterocycles. The van der Waals surface area contributed by atoms with Crippen LogP contribution in [0.15, 0.2) is 12.1 Å². The summed E-state index contributed by atoms with van der Waals surface area (Å²) < 4.78 is 0. The number of pyridine rings is 1. The molecule has 4 heteroatoms. The van der Waals surface area contributed by atoms with Gasteiger partial charge >= 0.3 is 0 Å². The van der Waals surface area contributed by atoms with Gasteiger partial charge in [0.05, 0.1) is 6.10 Å². The fourth-order valence-electron chi connectivity index (χ4n) is 1.39. The van der Waals surface area contributed by atoms with E-state index in [-0.39, 0.29) is 6.54 Å². The molecule has 0 aliphatic heterocycles. The highest BCUT2D eigenvalue weighted by molar-refractivity contribution is 5.23. The van der Waals surface area contributed by atoms with Crippen molar-refractivity contribution < 1.29 is 10.2 Å². The van der Waals surface area contributed by atoms with Gasteiger partial charge < -0.3 is 15.9 Å². The minimum absolute atomic E-state index is 0.0432. The van der Waals surface area contributed by atoms with Crippen molar-refractivity contribution in [2.45, 2.75) is 26.1 Å². The van der Waals surface area contributed by atoms with Crippen LogP contribution in [-0.2, 0) is 0 Å². The Balaban J connectivity index is 2.94. The molecule has 0 aliphatic carbocycles. The first-order valence-corrected chi connectivity index (χ1v) is 4.56. The third-order valence-corrected chi connectivity index (χ3v) is 2.05. The summed E-state index contributed by atoms with van der Waals surface area (Å²) in [4.78, 5) is 4.18. The van der Waals surface area contributed by atoms with Crippen molar-refractivity contribution in [1.82, 2.24) is 4.98 Å². The molecule has 78 valence electrons. The van der Waals surface area contributed by atoms with Gasteiger partial charge in [-0.3, -0.25) is 4.98 Å². The topological polar surface area (TPSA) is 79.4 Å². The highest BCUT2D eigenvalue weighted by Gasteiger charge is 2.17. The summed E-state index contributed by atoms with van der Waals surface area (Å²) in [5.41, 5.74) is 7.57. The molecular weight excluding hydrogens is 180 g/mol. The van der Waals surface area contributed by atoms with E-state index >= 15 is 0 Å². The zero-order chi connectivity index (χ0) is 10.7.